The first-order valence-electron chi connectivity index (χ1n) is 10.1. The summed E-state index contributed by atoms with van der Waals surface area (Å²) in [7, 11) is -3.56. The Hall–Kier alpha value is -2.25. The normalized spacial score (nSPS) is 19.3. The van der Waals surface area contributed by atoms with E-state index in [0.717, 1.165) is 31.2 Å². The molecule has 7 heteroatoms. The minimum absolute atomic E-state index is 0.178. The molecular formula is C22H25FN2O3S. The van der Waals surface area contributed by atoms with Crippen LogP contribution < -0.4 is 5.32 Å². The number of nitrogens with one attached hydrogen (secondary N) is 1. The molecule has 1 saturated carbocycles. The maximum atomic E-state index is 13.3. The van der Waals surface area contributed by atoms with Crippen molar-refractivity contribution >= 4 is 21.6 Å². The smallest absolute Gasteiger partial charge is 0.243 e. The average Bonchev–Trinajstić information content (AvgIpc) is 2.69. The van der Waals surface area contributed by atoms with E-state index in [4.69, 9.17) is 0 Å². The third-order valence-corrected chi connectivity index (χ3v) is 7.98. The van der Waals surface area contributed by atoms with Crippen molar-refractivity contribution in [2.75, 3.05) is 18.4 Å². The van der Waals surface area contributed by atoms with Crippen LogP contribution in [0.2, 0.25) is 0 Å². The molecule has 1 aliphatic carbocycles. The van der Waals surface area contributed by atoms with Crippen LogP contribution in [0, 0.1) is 5.82 Å². The number of rotatable bonds is 5. The summed E-state index contributed by atoms with van der Waals surface area (Å²) >= 11 is 0. The highest BCUT2D eigenvalue weighted by molar-refractivity contribution is 7.89. The van der Waals surface area contributed by atoms with Gasteiger partial charge in [0.1, 0.15) is 5.82 Å². The molecule has 1 amide bonds. The maximum absolute atomic E-state index is 13.3. The van der Waals surface area contributed by atoms with Crippen molar-refractivity contribution in [3.05, 3.63) is 59.9 Å². The number of carbonyl (C=O) groups excluding carboxylic acids is 1. The Morgan fingerprint density at radius 2 is 1.66 bits per heavy atom. The third kappa shape index (κ3) is 3.81. The Bertz CT molecular complexity index is 995. The van der Waals surface area contributed by atoms with Gasteiger partial charge in [-0.25, -0.2) is 12.8 Å². The monoisotopic (exact) mass is 416 g/mol. The second kappa shape index (κ2) is 7.88. The molecule has 0 spiro atoms. The Balaban J connectivity index is 1.56. The number of halogens is 1. The molecule has 2 aromatic carbocycles. The Labute approximate surface area is 171 Å². The Morgan fingerprint density at radius 3 is 2.28 bits per heavy atom. The fraction of sp³-hybridized carbons (Fsp3) is 0.409. The molecule has 0 bridgehead atoms. The SMILES string of the molecule is O=C(Nc1cccc(S(=O)(=O)N2CCCCC2)c1)C1(c2ccc(F)cc2)CCC1. The van der Waals surface area contributed by atoms with Crippen molar-refractivity contribution in [1.82, 2.24) is 4.31 Å². The molecule has 0 radical (unpaired) electrons. The van der Waals surface area contributed by atoms with Gasteiger partial charge in [0.05, 0.1) is 10.3 Å². The zero-order valence-corrected chi connectivity index (χ0v) is 17.1. The first-order chi connectivity index (χ1) is 13.9. The molecule has 29 heavy (non-hydrogen) atoms. The van der Waals surface area contributed by atoms with E-state index in [1.807, 2.05) is 0 Å². The third-order valence-electron chi connectivity index (χ3n) is 6.08. The molecule has 4 rings (SSSR count). The molecule has 5 nitrogen and oxygen atoms in total. The van der Waals surface area contributed by atoms with Gasteiger partial charge in [0.25, 0.3) is 0 Å². The van der Waals surface area contributed by atoms with Crippen molar-refractivity contribution in [3.63, 3.8) is 0 Å². The predicted molar refractivity (Wildman–Crippen MR) is 110 cm³/mol. The van der Waals surface area contributed by atoms with Crippen molar-refractivity contribution in [1.29, 1.82) is 0 Å². The van der Waals surface area contributed by atoms with Crippen molar-refractivity contribution in [3.8, 4) is 0 Å². The molecule has 1 N–H and O–H groups in total. The van der Waals surface area contributed by atoms with Crippen LogP contribution in [0.4, 0.5) is 10.1 Å². The van der Waals surface area contributed by atoms with Crippen LogP contribution in [0.5, 0.6) is 0 Å². The minimum Gasteiger partial charge on any atom is -0.325 e. The summed E-state index contributed by atoms with van der Waals surface area (Å²) in [6.07, 6.45) is 5.10. The summed E-state index contributed by atoms with van der Waals surface area (Å²) < 4.78 is 40.7. The first kappa shape index (κ1) is 20.0. The van der Waals surface area contributed by atoms with E-state index in [0.29, 0.717) is 31.6 Å². The Kier molecular flexibility index (Phi) is 5.44. The lowest BCUT2D eigenvalue weighted by Gasteiger charge is -2.40. The summed E-state index contributed by atoms with van der Waals surface area (Å²) in [4.78, 5) is 13.3. The molecule has 1 saturated heterocycles. The van der Waals surface area contributed by atoms with Gasteiger partial charge in [-0.1, -0.05) is 31.0 Å². The van der Waals surface area contributed by atoms with Gasteiger partial charge in [-0.3, -0.25) is 4.79 Å². The zero-order chi connectivity index (χ0) is 20.5. The number of hydrogen-bond acceptors (Lipinski definition) is 3. The molecule has 154 valence electrons. The molecule has 1 heterocycles. The number of benzene rings is 2. The molecule has 0 atom stereocenters. The fourth-order valence-corrected chi connectivity index (χ4v) is 5.75. The lowest BCUT2D eigenvalue weighted by atomic mass is 9.64. The van der Waals surface area contributed by atoms with Crippen LogP contribution >= 0.6 is 0 Å². The second-order valence-electron chi connectivity index (χ2n) is 7.89. The lowest BCUT2D eigenvalue weighted by molar-refractivity contribution is -0.124. The van der Waals surface area contributed by atoms with Crippen LogP contribution in [0.1, 0.15) is 44.1 Å². The highest BCUT2D eigenvalue weighted by Crippen LogP contribution is 2.44. The number of hydrogen-bond donors (Lipinski definition) is 1. The van der Waals surface area contributed by atoms with Gasteiger partial charge in [-0.15, -0.1) is 0 Å². The van der Waals surface area contributed by atoms with Gasteiger partial charge in [-0.2, -0.15) is 4.31 Å². The van der Waals surface area contributed by atoms with Crippen molar-refractivity contribution in [2.24, 2.45) is 0 Å². The van der Waals surface area contributed by atoms with Gasteiger partial charge in [0, 0.05) is 18.8 Å². The van der Waals surface area contributed by atoms with Crippen LogP contribution in [-0.2, 0) is 20.2 Å². The van der Waals surface area contributed by atoms with Crippen LogP contribution in [0.25, 0.3) is 0 Å². The summed E-state index contributed by atoms with van der Waals surface area (Å²) in [5.74, 6) is -0.512. The molecular weight excluding hydrogens is 391 g/mol. The van der Waals surface area contributed by atoms with E-state index >= 15 is 0 Å². The Morgan fingerprint density at radius 1 is 0.966 bits per heavy atom. The van der Waals surface area contributed by atoms with E-state index in [1.165, 1.54) is 22.5 Å². The highest BCUT2D eigenvalue weighted by Gasteiger charge is 2.45. The van der Waals surface area contributed by atoms with E-state index in [2.05, 4.69) is 5.32 Å². The quantitative estimate of drug-likeness (QED) is 0.799. The average molecular weight is 417 g/mol. The number of nitrogens with zero attached hydrogens (tertiary/aromatic N) is 1. The van der Waals surface area contributed by atoms with E-state index in [9.17, 15) is 17.6 Å². The lowest BCUT2D eigenvalue weighted by Crippen LogP contribution is -2.46. The molecule has 0 aromatic heterocycles. The number of amides is 1. The topological polar surface area (TPSA) is 66.5 Å². The van der Waals surface area contributed by atoms with Crippen molar-refractivity contribution < 1.29 is 17.6 Å². The summed E-state index contributed by atoms with van der Waals surface area (Å²) in [6, 6.07) is 12.5. The second-order valence-corrected chi connectivity index (χ2v) is 9.83. The van der Waals surface area contributed by atoms with Crippen LogP contribution in [0.3, 0.4) is 0 Å². The largest absolute Gasteiger partial charge is 0.325 e. The summed E-state index contributed by atoms with van der Waals surface area (Å²) in [6.45, 7) is 1.07. The van der Waals surface area contributed by atoms with Gasteiger partial charge >= 0.3 is 0 Å². The van der Waals surface area contributed by atoms with E-state index in [1.54, 1.807) is 30.3 Å². The molecule has 2 aliphatic rings. The first-order valence-corrected chi connectivity index (χ1v) is 11.5. The molecule has 2 aromatic rings. The predicted octanol–water partition coefficient (Wildman–Crippen LogP) is 4.06. The van der Waals surface area contributed by atoms with Gasteiger partial charge in [0.15, 0.2) is 0 Å². The van der Waals surface area contributed by atoms with E-state index < -0.39 is 15.4 Å². The summed E-state index contributed by atoms with van der Waals surface area (Å²) in [5, 5.41) is 2.90. The number of sulfonamides is 1. The standard InChI is InChI=1S/C22H25FN2O3S/c23-18-10-8-17(9-11-18)22(12-5-13-22)21(26)24-19-6-4-7-20(16-19)29(27,28)25-14-2-1-3-15-25/h4,6-11,16H,1-3,5,12-15H2,(H,24,26). The molecule has 1 aliphatic heterocycles. The van der Waals surface area contributed by atoms with Gasteiger partial charge in [0.2, 0.25) is 15.9 Å². The van der Waals surface area contributed by atoms with Crippen molar-refractivity contribution in [2.45, 2.75) is 48.8 Å². The molecule has 2 fully saturated rings. The molecule has 0 unspecified atom stereocenters. The van der Waals surface area contributed by atoms with Gasteiger partial charge in [-0.05, 0) is 61.6 Å². The fourth-order valence-electron chi connectivity index (χ4n) is 4.19. The minimum atomic E-state index is -3.56. The van der Waals surface area contributed by atoms with Gasteiger partial charge < -0.3 is 5.32 Å². The van der Waals surface area contributed by atoms with Crippen LogP contribution in [-0.4, -0.2) is 31.7 Å². The number of anilines is 1. The highest BCUT2D eigenvalue weighted by atomic mass is 32.2. The van der Waals surface area contributed by atoms with Crippen LogP contribution in [0.15, 0.2) is 53.4 Å². The summed E-state index contributed by atoms with van der Waals surface area (Å²) in [5.41, 5.74) is 0.566. The maximum Gasteiger partial charge on any atom is 0.243 e. The number of carbonyl (C=O) groups is 1. The van der Waals surface area contributed by atoms with E-state index in [-0.39, 0.29) is 16.6 Å². The number of piperidine rings is 1. The zero-order valence-electron chi connectivity index (χ0n) is 16.2.